The van der Waals surface area contributed by atoms with Gasteiger partial charge in [-0.3, -0.25) is 4.79 Å². The lowest BCUT2D eigenvalue weighted by atomic mass is 9.79. The van der Waals surface area contributed by atoms with E-state index < -0.39 is 5.54 Å². The van der Waals surface area contributed by atoms with Crippen LogP contribution in [0.1, 0.15) is 33.6 Å². The average Bonchev–Trinajstić information content (AvgIpc) is 2.18. The second kappa shape index (κ2) is 4.49. The molecule has 1 fully saturated rings. The summed E-state index contributed by atoms with van der Waals surface area (Å²) in [6, 6.07) is 0. The van der Waals surface area contributed by atoms with Crippen LogP contribution < -0.4 is 10.6 Å². The van der Waals surface area contributed by atoms with E-state index in [1.54, 1.807) is 0 Å². The van der Waals surface area contributed by atoms with Crippen LogP contribution >= 0.6 is 0 Å². The zero-order valence-electron chi connectivity index (χ0n) is 9.89. The Labute approximate surface area is 91.4 Å². The lowest BCUT2D eigenvalue weighted by Crippen LogP contribution is -2.54. The zero-order valence-corrected chi connectivity index (χ0v) is 9.89. The molecule has 0 atom stereocenters. The first-order chi connectivity index (χ1) is 6.90. The minimum absolute atomic E-state index is 0.0347. The van der Waals surface area contributed by atoms with E-state index >= 15 is 0 Å². The van der Waals surface area contributed by atoms with E-state index in [-0.39, 0.29) is 17.9 Å². The van der Waals surface area contributed by atoms with E-state index in [0.717, 1.165) is 25.9 Å². The highest BCUT2D eigenvalue weighted by Gasteiger charge is 2.36. The maximum absolute atomic E-state index is 12.0. The summed E-state index contributed by atoms with van der Waals surface area (Å²) < 4.78 is 0. The van der Waals surface area contributed by atoms with Crippen molar-refractivity contribution in [2.24, 2.45) is 5.41 Å². The lowest BCUT2D eigenvalue weighted by molar-refractivity contribution is -0.133. The number of carbonyl (C=O) groups excluding carboxylic acids is 1. The first-order valence-electron chi connectivity index (χ1n) is 5.54. The largest absolute Gasteiger partial charge is 0.394 e. The van der Waals surface area contributed by atoms with E-state index in [9.17, 15) is 4.79 Å². The Balaban J connectivity index is 2.59. The summed E-state index contributed by atoms with van der Waals surface area (Å²) in [5.41, 5.74) is -0.803. The van der Waals surface area contributed by atoms with Crippen LogP contribution in [0.4, 0.5) is 0 Å². The fourth-order valence-corrected chi connectivity index (χ4v) is 1.70. The molecule has 15 heavy (non-hydrogen) atoms. The third kappa shape index (κ3) is 3.18. The molecule has 1 amide bonds. The van der Waals surface area contributed by atoms with Crippen molar-refractivity contribution in [3.8, 4) is 0 Å². The lowest BCUT2D eigenvalue weighted by Gasteiger charge is -2.36. The van der Waals surface area contributed by atoms with Crippen molar-refractivity contribution in [3.63, 3.8) is 0 Å². The molecule has 0 bridgehead atoms. The Kier molecular flexibility index (Phi) is 3.73. The van der Waals surface area contributed by atoms with Gasteiger partial charge in [-0.2, -0.15) is 0 Å². The van der Waals surface area contributed by atoms with Gasteiger partial charge in [0.05, 0.1) is 12.1 Å². The van der Waals surface area contributed by atoms with Crippen molar-refractivity contribution < 1.29 is 9.90 Å². The van der Waals surface area contributed by atoms with Gasteiger partial charge in [0.1, 0.15) is 0 Å². The maximum atomic E-state index is 12.0. The summed E-state index contributed by atoms with van der Waals surface area (Å²) in [6.45, 7) is 7.40. The molecule has 0 aliphatic carbocycles. The highest BCUT2D eigenvalue weighted by molar-refractivity contribution is 5.83. The van der Waals surface area contributed by atoms with Gasteiger partial charge in [-0.05, 0) is 39.8 Å². The van der Waals surface area contributed by atoms with Crippen LogP contribution in [0.5, 0.6) is 0 Å². The average molecular weight is 214 g/mol. The molecule has 0 aromatic heterocycles. The summed E-state index contributed by atoms with van der Waals surface area (Å²) in [6.07, 6.45) is 1.72. The van der Waals surface area contributed by atoms with Gasteiger partial charge in [0.15, 0.2) is 0 Å². The summed E-state index contributed by atoms with van der Waals surface area (Å²) in [4.78, 5) is 12.0. The topological polar surface area (TPSA) is 61.4 Å². The number of aliphatic hydroxyl groups is 1. The van der Waals surface area contributed by atoms with Crippen LogP contribution in [0.2, 0.25) is 0 Å². The molecule has 1 saturated heterocycles. The van der Waals surface area contributed by atoms with Crippen molar-refractivity contribution >= 4 is 5.91 Å². The minimum atomic E-state index is -0.523. The molecule has 3 N–H and O–H groups in total. The summed E-state index contributed by atoms with van der Waals surface area (Å²) in [5, 5.41) is 15.2. The normalized spacial score (nSPS) is 21.1. The third-order valence-electron chi connectivity index (χ3n) is 3.10. The SMILES string of the molecule is CC(C)(CO)NC(=O)C1(C)CCNCC1. The number of hydrogen-bond acceptors (Lipinski definition) is 3. The Bertz CT molecular complexity index is 233. The number of aliphatic hydroxyl groups excluding tert-OH is 1. The van der Waals surface area contributed by atoms with Crippen molar-refractivity contribution in [3.05, 3.63) is 0 Å². The molecule has 4 nitrogen and oxygen atoms in total. The highest BCUT2D eigenvalue weighted by atomic mass is 16.3. The molecule has 0 aromatic carbocycles. The van der Waals surface area contributed by atoms with Gasteiger partial charge in [0, 0.05) is 5.41 Å². The maximum Gasteiger partial charge on any atom is 0.226 e. The van der Waals surface area contributed by atoms with Crippen LogP contribution in [-0.2, 0) is 4.79 Å². The number of piperidine rings is 1. The first-order valence-corrected chi connectivity index (χ1v) is 5.54. The van der Waals surface area contributed by atoms with Gasteiger partial charge in [0.25, 0.3) is 0 Å². The fraction of sp³-hybridized carbons (Fsp3) is 0.909. The standard InChI is InChI=1S/C11H22N2O2/c1-10(2,8-14)13-9(15)11(3)4-6-12-7-5-11/h12,14H,4-8H2,1-3H3,(H,13,15). The summed E-state index contributed by atoms with van der Waals surface area (Å²) in [7, 11) is 0. The molecular formula is C11H22N2O2. The molecule has 1 aliphatic rings. The van der Waals surface area contributed by atoms with Crippen LogP contribution in [0.25, 0.3) is 0 Å². The molecule has 1 aliphatic heterocycles. The molecule has 4 heteroatoms. The van der Waals surface area contributed by atoms with E-state index in [1.807, 2.05) is 20.8 Å². The number of hydrogen-bond donors (Lipinski definition) is 3. The molecule has 0 aromatic rings. The van der Waals surface area contributed by atoms with Gasteiger partial charge in [-0.15, -0.1) is 0 Å². The van der Waals surface area contributed by atoms with Gasteiger partial charge in [-0.25, -0.2) is 0 Å². The third-order valence-corrected chi connectivity index (χ3v) is 3.10. The predicted molar refractivity (Wildman–Crippen MR) is 59.5 cm³/mol. The number of rotatable bonds is 3. The van der Waals surface area contributed by atoms with Crippen molar-refractivity contribution in [2.75, 3.05) is 19.7 Å². The highest BCUT2D eigenvalue weighted by Crippen LogP contribution is 2.28. The number of nitrogens with one attached hydrogen (secondary N) is 2. The molecular weight excluding hydrogens is 192 g/mol. The van der Waals surface area contributed by atoms with Crippen molar-refractivity contribution in [1.29, 1.82) is 0 Å². The van der Waals surface area contributed by atoms with E-state index in [1.165, 1.54) is 0 Å². The Morgan fingerprint density at radius 3 is 2.47 bits per heavy atom. The summed E-state index contributed by atoms with van der Waals surface area (Å²) >= 11 is 0. The van der Waals surface area contributed by atoms with Crippen LogP contribution in [0, 0.1) is 5.41 Å². The van der Waals surface area contributed by atoms with Crippen LogP contribution in [0.3, 0.4) is 0 Å². The van der Waals surface area contributed by atoms with E-state index in [0.29, 0.717) is 0 Å². The smallest absolute Gasteiger partial charge is 0.226 e. The Morgan fingerprint density at radius 2 is 2.00 bits per heavy atom. The van der Waals surface area contributed by atoms with Crippen LogP contribution in [-0.4, -0.2) is 36.2 Å². The molecule has 88 valence electrons. The second-order valence-corrected chi connectivity index (χ2v) is 5.31. The molecule has 0 saturated carbocycles. The first kappa shape index (κ1) is 12.5. The zero-order chi connectivity index (χ0) is 11.5. The monoisotopic (exact) mass is 214 g/mol. The van der Waals surface area contributed by atoms with Gasteiger partial charge < -0.3 is 15.7 Å². The van der Waals surface area contributed by atoms with Gasteiger partial charge in [-0.1, -0.05) is 6.92 Å². The molecule has 0 spiro atoms. The predicted octanol–water partition coefficient (Wildman–Crippen LogP) is 0.263. The second-order valence-electron chi connectivity index (χ2n) is 5.31. The molecule has 0 unspecified atom stereocenters. The molecule has 0 radical (unpaired) electrons. The quantitative estimate of drug-likeness (QED) is 0.631. The summed E-state index contributed by atoms with van der Waals surface area (Å²) in [5.74, 6) is 0.0584. The fourth-order valence-electron chi connectivity index (χ4n) is 1.70. The molecule has 1 heterocycles. The Hall–Kier alpha value is -0.610. The minimum Gasteiger partial charge on any atom is -0.394 e. The van der Waals surface area contributed by atoms with Crippen molar-refractivity contribution in [1.82, 2.24) is 10.6 Å². The Morgan fingerprint density at radius 1 is 1.47 bits per heavy atom. The number of carbonyl (C=O) groups is 1. The van der Waals surface area contributed by atoms with Gasteiger partial charge in [0.2, 0.25) is 5.91 Å². The van der Waals surface area contributed by atoms with Crippen LogP contribution in [0.15, 0.2) is 0 Å². The number of amides is 1. The van der Waals surface area contributed by atoms with E-state index in [2.05, 4.69) is 10.6 Å². The van der Waals surface area contributed by atoms with Crippen molar-refractivity contribution in [2.45, 2.75) is 39.2 Å². The van der Waals surface area contributed by atoms with E-state index in [4.69, 9.17) is 5.11 Å². The molecule has 1 rings (SSSR count). The van der Waals surface area contributed by atoms with Gasteiger partial charge >= 0.3 is 0 Å².